The number of aliphatic hydroxyl groups is 1. The third-order valence-corrected chi connectivity index (χ3v) is 1.97. The molecule has 0 aliphatic heterocycles. The Morgan fingerprint density at radius 3 is 2.83 bits per heavy atom. The fourth-order valence-electron chi connectivity index (χ4n) is 1.39. The topological polar surface area (TPSA) is 36.0 Å². The number of rotatable bonds is 2. The second-order valence-corrected chi connectivity index (χ2v) is 2.86. The largest absolute Gasteiger partial charge is 0.396 e. The highest BCUT2D eigenvalue weighted by atomic mass is 16.3. The van der Waals surface area contributed by atoms with Gasteiger partial charge in [0.2, 0.25) is 0 Å². The Morgan fingerprint density at radius 2 is 2.08 bits per heavy atom. The number of aromatic amines is 1. The van der Waals surface area contributed by atoms with Gasteiger partial charge in [-0.25, -0.2) is 0 Å². The van der Waals surface area contributed by atoms with Crippen LogP contribution in [0.3, 0.4) is 0 Å². The fraction of sp³-hybridized carbons (Fsp3) is 0.200. The summed E-state index contributed by atoms with van der Waals surface area (Å²) in [5.41, 5.74) is 2.24. The first-order valence-corrected chi connectivity index (χ1v) is 4.07. The van der Waals surface area contributed by atoms with Crippen LogP contribution in [-0.4, -0.2) is 16.7 Å². The number of hydrogen-bond donors (Lipinski definition) is 2. The minimum absolute atomic E-state index is 0.201. The van der Waals surface area contributed by atoms with Crippen molar-refractivity contribution in [2.45, 2.75) is 6.42 Å². The minimum atomic E-state index is 0.201. The van der Waals surface area contributed by atoms with Crippen LogP contribution in [0.5, 0.6) is 0 Å². The van der Waals surface area contributed by atoms with E-state index in [-0.39, 0.29) is 6.61 Å². The zero-order valence-electron chi connectivity index (χ0n) is 6.75. The molecule has 12 heavy (non-hydrogen) atoms. The number of para-hydroxylation sites is 1. The van der Waals surface area contributed by atoms with E-state index < -0.39 is 0 Å². The van der Waals surface area contributed by atoms with Crippen LogP contribution in [0.25, 0.3) is 10.9 Å². The standard InChI is InChI=1S/C10H11NO/c12-6-5-9-7-8-3-1-2-4-10(8)11-9/h1-4,7,11-12H,5-6H2. The van der Waals surface area contributed by atoms with Crippen LogP contribution in [-0.2, 0) is 6.42 Å². The molecule has 0 spiro atoms. The van der Waals surface area contributed by atoms with Crippen LogP contribution in [0.1, 0.15) is 5.69 Å². The van der Waals surface area contributed by atoms with Gasteiger partial charge < -0.3 is 10.1 Å². The molecule has 0 saturated carbocycles. The summed E-state index contributed by atoms with van der Waals surface area (Å²) in [6.45, 7) is 0.201. The van der Waals surface area contributed by atoms with Gasteiger partial charge in [0, 0.05) is 24.2 Å². The lowest BCUT2D eigenvalue weighted by atomic mass is 10.2. The van der Waals surface area contributed by atoms with Crippen molar-refractivity contribution in [3.8, 4) is 0 Å². The summed E-state index contributed by atoms with van der Waals surface area (Å²) < 4.78 is 0. The van der Waals surface area contributed by atoms with Crippen molar-refractivity contribution in [3.05, 3.63) is 36.0 Å². The Hall–Kier alpha value is -1.28. The van der Waals surface area contributed by atoms with Crippen molar-refractivity contribution in [3.63, 3.8) is 0 Å². The van der Waals surface area contributed by atoms with Crippen LogP contribution in [0.2, 0.25) is 0 Å². The average molecular weight is 161 g/mol. The van der Waals surface area contributed by atoms with Crippen LogP contribution in [0, 0.1) is 0 Å². The second-order valence-electron chi connectivity index (χ2n) is 2.86. The van der Waals surface area contributed by atoms with E-state index in [0.717, 1.165) is 11.2 Å². The second kappa shape index (κ2) is 2.99. The molecule has 0 unspecified atom stereocenters. The van der Waals surface area contributed by atoms with E-state index in [9.17, 15) is 0 Å². The van der Waals surface area contributed by atoms with Crippen molar-refractivity contribution in [1.82, 2.24) is 4.98 Å². The fourth-order valence-corrected chi connectivity index (χ4v) is 1.39. The van der Waals surface area contributed by atoms with Gasteiger partial charge in [-0.15, -0.1) is 0 Å². The SMILES string of the molecule is OCCc1cc2ccccc2[nH]1. The molecule has 2 aromatic rings. The molecule has 2 heteroatoms. The molecule has 0 saturated heterocycles. The van der Waals surface area contributed by atoms with Crippen molar-refractivity contribution in [2.24, 2.45) is 0 Å². The predicted molar refractivity (Wildman–Crippen MR) is 49.1 cm³/mol. The van der Waals surface area contributed by atoms with E-state index in [0.29, 0.717) is 6.42 Å². The highest BCUT2D eigenvalue weighted by molar-refractivity contribution is 5.80. The number of hydrogen-bond acceptors (Lipinski definition) is 1. The summed E-state index contributed by atoms with van der Waals surface area (Å²) in [6, 6.07) is 10.2. The van der Waals surface area contributed by atoms with Crippen molar-refractivity contribution >= 4 is 10.9 Å². The molecular weight excluding hydrogens is 150 g/mol. The highest BCUT2D eigenvalue weighted by Gasteiger charge is 1.97. The average Bonchev–Trinajstić information content (AvgIpc) is 2.47. The monoisotopic (exact) mass is 161 g/mol. The third-order valence-electron chi connectivity index (χ3n) is 1.97. The molecule has 62 valence electrons. The molecule has 2 N–H and O–H groups in total. The van der Waals surface area contributed by atoms with Gasteiger partial charge in [-0.05, 0) is 17.5 Å². The zero-order chi connectivity index (χ0) is 8.39. The smallest absolute Gasteiger partial charge is 0.0485 e. The third kappa shape index (κ3) is 1.21. The predicted octanol–water partition coefficient (Wildman–Crippen LogP) is 1.70. The van der Waals surface area contributed by atoms with Crippen molar-refractivity contribution in [1.29, 1.82) is 0 Å². The maximum absolute atomic E-state index is 8.72. The van der Waals surface area contributed by atoms with Crippen LogP contribution in [0.15, 0.2) is 30.3 Å². The van der Waals surface area contributed by atoms with Crippen LogP contribution < -0.4 is 0 Å². The van der Waals surface area contributed by atoms with E-state index >= 15 is 0 Å². The lowest BCUT2D eigenvalue weighted by Crippen LogP contribution is -1.88. The van der Waals surface area contributed by atoms with Crippen LogP contribution in [0.4, 0.5) is 0 Å². The van der Waals surface area contributed by atoms with E-state index in [4.69, 9.17) is 5.11 Å². The molecule has 0 amide bonds. The number of nitrogens with one attached hydrogen (secondary N) is 1. The Bertz CT molecular complexity index is 345. The van der Waals surface area contributed by atoms with E-state index in [2.05, 4.69) is 17.1 Å². The normalized spacial score (nSPS) is 10.8. The number of H-pyrrole nitrogens is 1. The van der Waals surface area contributed by atoms with Gasteiger partial charge in [-0.3, -0.25) is 0 Å². The molecule has 1 heterocycles. The maximum atomic E-state index is 8.72. The molecule has 2 rings (SSSR count). The molecule has 0 bridgehead atoms. The van der Waals surface area contributed by atoms with E-state index in [1.165, 1.54) is 5.39 Å². The minimum Gasteiger partial charge on any atom is -0.396 e. The molecule has 1 aromatic carbocycles. The number of benzene rings is 1. The number of aliphatic hydroxyl groups excluding tert-OH is 1. The van der Waals surface area contributed by atoms with E-state index in [1.807, 2.05) is 18.2 Å². The Kier molecular flexibility index (Phi) is 1.84. The first-order chi connectivity index (χ1) is 5.90. The molecule has 0 aliphatic carbocycles. The Balaban J connectivity index is 2.47. The zero-order valence-corrected chi connectivity index (χ0v) is 6.75. The van der Waals surface area contributed by atoms with Crippen molar-refractivity contribution < 1.29 is 5.11 Å². The summed E-state index contributed by atoms with van der Waals surface area (Å²) in [4.78, 5) is 3.24. The van der Waals surface area contributed by atoms with Gasteiger partial charge in [0.15, 0.2) is 0 Å². The molecule has 1 aromatic heterocycles. The molecule has 2 nitrogen and oxygen atoms in total. The number of fused-ring (bicyclic) bond motifs is 1. The Morgan fingerprint density at radius 1 is 1.25 bits per heavy atom. The van der Waals surface area contributed by atoms with Gasteiger partial charge >= 0.3 is 0 Å². The summed E-state index contributed by atoms with van der Waals surface area (Å²) in [7, 11) is 0. The van der Waals surface area contributed by atoms with Gasteiger partial charge in [-0.1, -0.05) is 18.2 Å². The van der Waals surface area contributed by atoms with Gasteiger partial charge in [0.25, 0.3) is 0 Å². The summed E-state index contributed by atoms with van der Waals surface area (Å²) >= 11 is 0. The summed E-state index contributed by atoms with van der Waals surface area (Å²) in [5, 5.41) is 9.93. The lowest BCUT2D eigenvalue weighted by Gasteiger charge is -1.88. The number of aromatic nitrogens is 1. The highest BCUT2D eigenvalue weighted by Crippen LogP contribution is 2.14. The molecular formula is C10H11NO. The quantitative estimate of drug-likeness (QED) is 0.691. The van der Waals surface area contributed by atoms with Gasteiger partial charge in [-0.2, -0.15) is 0 Å². The van der Waals surface area contributed by atoms with Crippen molar-refractivity contribution in [2.75, 3.05) is 6.61 Å². The molecule has 0 radical (unpaired) electrons. The lowest BCUT2D eigenvalue weighted by molar-refractivity contribution is 0.298. The maximum Gasteiger partial charge on any atom is 0.0485 e. The van der Waals surface area contributed by atoms with Crippen LogP contribution >= 0.6 is 0 Å². The molecule has 0 atom stereocenters. The van der Waals surface area contributed by atoms with E-state index in [1.54, 1.807) is 0 Å². The Labute approximate surface area is 70.8 Å². The molecule has 0 fully saturated rings. The first-order valence-electron chi connectivity index (χ1n) is 4.07. The molecule has 0 aliphatic rings. The summed E-state index contributed by atoms with van der Waals surface area (Å²) in [6.07, 6.45) is 0.703. The van der Waals surface area contributed by atoms with Gasteiger partial charge in [0.1, 0.15) is 0 Å². The first kappa shape index (κ1) is 7.37. The van der Waals surface area contributed by atoms with Gasteiger partial charge in [0.05, 0.1) is 0 Å². The summed E-state index contributed by atoms with van der Waals surface area (Å²) in [5.74, 6) is 0.